The van der Waals surface area contributed by atoms with Gasteiger partial charge in [0.1, 0.15) is 10.9 Å². The number of sulfonamides is 1. The average Bonchev–Trinajstić information content (AvgIpc) is 2.54. The molecule has 0 aliphatic carbocycles. The molecule has 0 saturated carbocycles. The number of rotatable bonds is 7. The number of aliphatic carboxylic acids is 1. The van der Waals surface area contributed by atoms with Crippen molar-refractivity contribution in [2.24, 2.45) is 0 Å². The van der Waals surface area contributed by atoms with E-state index in [1.54, 1.807) is 30.3 Å². The Morgan fingerprint density at radius 2 is 1.65 bits per heavy atom. The quantitative estimate of drug-likeness (QED) is 0.636. The van der Waals surface area contributed by atoms with E-state index in [1.165, 1.54) is 0 Å². The molecule has 2 rings (SSSR count). The summed E-state index contributed by atoms with van der Waals surface area (Å²) in [5.41, 5.74) is 0.141. The normalized spacial score (nSPS) is 12.5. The summed E-state index contributed by atoms with van der Waals surface area (Å²) in [5.74, 6) is -2.83. The second-order valence-corrected chi connectivity index (χ2v) is 7.77. The van der Waals surface area contributed by atoms with Gasteiger partial charge in [0.25, 0.3) is 0 Å². The van der Waals surface area contributed by atoms with Gasteiger partial charge in [-0.2, -0.15) is 4.72 Å². The third-order valence-electron chi connectivity index (χ3n) is 3.42. The van der Waals surface area contributed by atoms with Gasteiger partial charge in [-0.25, -0.2) is 13.2 Å². The number of aromatic carboxylic acids is 1. The van der Waals surface area contributed by atoms with Crippen molar-refractivity contribution in [3.63, 3.8) is 0 Å². The second-order valence-electron chi connectivity index (χ2n) is 5.27. The number of benzene rings is 2. The van der Waals surface area contributed by atoms with E-state index in [2.05, 4.69) is 0 Å². The molecular formula is C16H13Cl2NO6S. The van der Waals surface area contributed by atoms with Gasteiger partial charge in [-0.05, 0) is 24.1 Å². The fourth-order valence-corrected chi connectivity index (χ4v) is 4.22. The van der Waals surface area contributed by atoms with Crippen LogP contribution in [-0.2, 0) is 21.2 Å². The van der Waals surface area contributed by atoms with Gasteiger partial charge >= 0.3 is 11.9 Å². The van der Waals surface area contributed by atoms with Crippen LogP contribution in [0.5, 0.6) is 0 Å². The summed E-state index contributed by atoms with van der Waals surface area (Å²) in [6.07, 6.45) is -0.105. The fourth-order valence-electron chi connectivity index (χ4n) is 2.18. The van der Waals surface area contributed by atoms with Crippen molar-refractivity contribution in [1.82, 2.24) is 4.72 Å². The number of hydrogen-bond acceptors (Lipinski definition) is 4. The van der Waals surface area contributed by atoms with Crippen LogP contribution in [0, 0.1) is 0 Å². The zero-order chi connectivity index (χ0) is 19.5. The molecule has 1 atom stereocenters. The molecule has 2 aromatic carbocycles. The average molecular weight is 418 g/mol. The standard InChI is InChI=1S/C16H13Cl2NO6S/c17-11-8-12(18)14(7-10(11)15(20)21)26(24,25)19-13(16(22)23)6-9-4-2-1-3-5-9/h1-5,7-8,13,19H,6H2,(H,20,21)(H,22,23)/t13-/m0/s1. The van der Waals surface area contributed by atoms with E-state index < -0.39 is 38.5 Å². The summed E-state index contributed by atoms with van der Waals surface area (Å²) in [5, 5.41) is 17.8. The maximum Gasteiger partial charge on any atom is 0.337 e. The van der Waals surface area contributed by atoms with Crippen molar-refractivity contribution in [1.29, 1.82) is 0 Å². The maximum atomic E-state index is 12.5. The van der Waals surface area contributed by atoms with E-state index >= 15 is 0 Å². The van der Waals surface area contributed by atoms with E-state index in [4.69, 9.17) is 28.3 Å². The van der Waals surface area contributed by atoms with Crippen LogP contribution < -0.4 is 4.72 Å². The molecule has 10 heteroatoms. The highest BCUT2D eigenvalue weighted by Gasteiger charge is 2.28. The van der Waals surface area contributed by atoms with Crippen molar-refractivity contribution in [2.75, 3.05) is 0 Å². The number of nitrogens with one attached hydrogen (secondary N) is 1. The molecule has 26 heavy (non-hydrogen) atoms. The fraction of sp³-hybridized carbons (Fsp3) is 0.125. The molecule has 0 fully saturated rings. The Morgan fingerprint density at radius 3 is 2.19 bits per heavy atom. The SMILES string of the molecule is O=C(O)c1cc(S(=O)(=O)N[C@@H](Cc2ccccc2)C(=O)O)c(Cl)cc1Cl. The van der Waals surface area contributed by atoms with Gasteiger partial charge in [-0.1, -0.05) is 53.5 Å². The lowest BCUT2D eigenvalue weighted by Gasteiger charge is -2.16. The van der Waals surface area contributed by atoms with Gasteiger partial charge in [0.2, 0.25) is 10.0 Å². The van der Waals surface area contributed by atoms with Crippen molar-refractivity contribution < 1.29 is 28.2 Å². The van der Waals surface area contributed by atoms with E-state index in [1.807, 2.05) is 4.72 Å². The van der Waals surface area contributed by atoms with Crippen LogP contribution in [0.4, 0.5) is 0 Å². The first-order valence-corrected chi connectivity index (χ1v) is 9.37. The summed E-state index contributed by atoms with van der Waals surface area (Å²) in [4.78, 5) is 22.0. The molecule has 0 aromatic heterocycles. The van der Waals surface area contributed by atoms with Crippen LogP contribution in [0.1, 0.15) is 15.9 Å². The number of hydrogen-bond donors (Lipinski definition) is 3. The third-order valence-corrected chi connectivity index (χ3v) is 5.67. The minimum absolute atomic E-state index is 0.105. The predicted molar refractivity (Wildman–Crippen MR) is 95.3 cm³/mol. The highest BCUT2D eigenvalue weighted by Crippen LogP contribution is 2.29. The molecule has 0 spiro atoms. The summed E-state index contributed by atoms with van der Waals surface area (Å²) in [6.45, 7) is 0. The van der Waals surface area contributed by atoms with Crippen LogP contribution in [0.15, 0.2) is 47.4 Å². The second kappa shape index (κ2) is 8.05. The van der Waals surface area contributed by atoms with Crippen LogP contribution in [0.3, 0.4) is 0 Å². The summed E-state index contributed by atoms with van der Waals surface area (Å²) in [6, 6.07) is 8.73. The first-order chi connectivity index (χ1) is 12.1. The number of halogens is 2. The first kappa shape index (κ1) is 20.2. The zero-order valence-corrected chi connectivity index (χ0v) is 15.3. The Morgan fingerprint density at radius 1 is 1.04 bits per heavy atom. The number of carbonyl (C=O) groups is 2. The maximum absolute atomic E-state index is 12.5. The van der Waals surface area contributed by atoms with Crippen molar-refractivity contribution in [2.45, 2.75) is 17.4 Å². The van der Waals surface area contributed by atoms with Crippen LogP contribution >= 0.6 is 23.2 Å². The number of carboxylic acid groups (broad SMARTS) is 2. The summed E-state index contributed by atoms with van der Waals surface area (Å²) >= 11 is 11.6. The lowest BCUT2D eigenvalue weighted by atomic mass is 10.1. The molecule has 7 nitrogen and oxygen atoms in total. The van der Waals surface area contributed by atoms with Gasteiger partial charge in [0.15, 0.2) is 0 Å². The minimum Gasteiger partial charge on any atom is -0.480 e. The van der Waals surface area contributed by atoms with E-state index in [0.717, 1.165) is 12.1 Å². The molecule has 2 aromatic rings. The van der Waals surface area contributed by atoms with E-state index in [-0.39, 0.29) is 16.5 Å². The predicted octanol–water partition coefficient (Wildman–Crippen LogP) is 2.67. The van der Waals surface area contributed by atoms with Gasteiger partial charge in [-0.15, -0.1) is 0 Å². The van der Waals surface area contributed by atoms with E-state index in [0.29, 0.717) is 5.56 Å². The highest BCUT2D eigenvalue weighted by molar-refractivity contribution is 7.89. The molecule has 0 bridgehead atoms. The molecule has 0 amide bonds. The van der Waals surface area contributed by atoms with Crippen molar-refractivity contribution >= 4 is 45.2 Å². The molecule has 0 unspecified atom stereocenters. The Hall–Kier alpha value is -2.13. The number of carboxylic acids is 2. The Bertz CT molecular complexity index is 947. The van der Waals surface area contributed by atoms with Crippen molar-refractivity contribution in [3.8, 4) is 0 Å². The molecule has 0 aliphatic heterocycles. The van der Waals surface area contributed by atoms with Crippen LogP contribution in [-0.4, -0.2) is 36.6 Å². The van der Waals surface area contributed by atoms with Gasteiger partial charge in [0.05, 0.1) is 15.6 Å². The molecule has 0 saturated heterocycles. The minimum atomic E-state index is -4.41. The smallest absolute Gasteiger partial charge is 0.337 e. The van der Waals surface area contributed by atoms with Gasteiger partial charge < -0.3 is 10.2 Å². The zero-order valence-electron chi connectivity index (χ0n) is 13.0. The van der Waals surface area contributed by atoms with Crippen LogP contribution in [0.2, 0.25) is 10.0 Å². The molecular weight excluding hydrogens is 405 g/mol. The van der Waals surface area contributed by atoms with E-state index in [9.17, 15) is 23.1 Å². The van der Waals surface area contributed by atoms with Gasteiger partial charge in [0, 0.05) is 0 Å². The Labute approximate surface area is 159 Å². The monoisotopic (exact) mass is 417 g/mol. The third kappa shape index (κ3) is 4.73. The van der Waals surface area contributed by atoms with Gasteiger partial charge in [-0.3, -0.25) is 4.79 Å². The summed E-state index contributed by atoms with van der Waals surface area (Å²) < 4.78 is 27.1. The molecule has 138 valence electrons. The lowest BCUT2D eigenvalue weighted by molar-refractivity contribution is -0.138. The highest BCUT2D eigenvalue weighted by atomic mass is 35.5. The largest absolute Gasteiger partial charge is 0.480 e. The first-order valence-electron chi connectivity index (χ1n) is 7.13. The molecule has 0 radical (unpaired) electrons. The molecule has 0 heterocycles. The van der Waals surface area contributed by atoms with Crippen molar-refractivity contribution in [3.05, 3.63) is 63.6 Å². The Kier molecular flexibility index (Phi) is 6.25. The molecule has 3 N–H and O–H groups in total. The summed E-state index contributed by atoms with van der Waals surface area (Å²) in [7, 11) is -4.41. The molecule has 0 aliphatic rings. The Balaban J connectivity index is 2.38. The lowest BCUT2D eigenvalue weighted by Crippen LogP contribution is -2.42. The van der Waals surface area contributed by atoms with Crippen LogP contribution in [0.25, 0.3) is 0 Å². The topological polar surface area (TPSA) is 121 Å².